The van der Waals surface area contributed by atoms with Gasteiger partial charge < -0.3 is 5.32 Å². The van der Waals surface area contributed by atoms with Crippen molar-refractivity contribution in [1.82, 2.24) is 5.32 Å². The second-order valence-corrected chi connectivity index (χ2v) is 4.87. The Labute approximate surface area is 127 Å². The quantitative estimate of drug-likeness (QED) is 0.537. The molecule has 0 aliphatic carbocycles. The zero-order chi connectivity index (χ0) is 13.2. The van der Waals surface area contributed by atoms with E-state index in [1.165, 1.54) is 25.7 Å². The zero-order valence-electron chi connectivity index (χ0n) is 11.5. The standard InChI is InChI=1S/C15H22ClNO.ClH/c1-2-3-4-7-11-17-12-10-15(18)13-8-5-6-9-14(13)16;/h5-6,8-9,17H,2-4,7,10-12H2,1H3;1H. The van der Waals surface area contributed by atoms with E-state index < -0.39 is 0 Å². The van der Waals surface area contributed by atoms with Gasteiger partial charge in [-0.25, -0.2) is 0 Å². The monoisotopic (exact) mass is 303 g/mol. The summed E-state index contributed by atoms with van der Waals surface area (Å²) >= 11 is 5.98. The van der Waals surface area contributed by atoms with E-state index in [0.717, 1.165) is 13.1 Å². The summed E-state index contributed by atoms with van der Waals surface area (Å²) in [5.41, 5.74) is 0.631. The highest BCUT2D eigenvalue weighted by Crippen LogP contribution is 2.16. The fourth-order valence-corrected chi connectivity index (χ4v) is 2.07. The van der Waals surface area contributed by atoms with E-state index in [1.54, 1.807) is 12.1 Å². The van der Waals surface area contributed by atoms with Crippen molar-refractivity contribution in [3.05, 3.63) is 34.9 Å². The topological polar surface area (TPSA) is 29.1 Å². The summed E-state index contributed by atoms with van der Waals surface area (Å²) in [6.07, 6.45) is 5.51. The Bertz CT molecular complexity index is 369. The molecule has 0 unspecified atom stereocenters. The van der Waals surface area contributed by atoms with Crippen molar-refractivity contribution in [1.29, 1.82) is 0 Å². The summed E-state index contributed by atoms with van der Waals surface area (Å²) in [7, 11) is 0. The van der Waals surface area contributed by atoms with Crippen LogP contribution in [-0.2, 0) is 0 Å². The Hall–Kier alpha value is -0.570. The van der Waals surface area contributed by atoms with Crippen LogP contribution in [0.3, 0.4) is 0 Å². The van der Waals surface area contributed by atoms with Gasteiger partial charge in [0, 0.05) is 18.5 Å². The SMILES string of the molecule is CCCCCCNCCC(=O)c1ccccc1Cl.Cl. The highest BCUT2D eigenvalue weighted by molar-refractivity contribution is 6.33. The van der Waals surface area contributed by atoms with Gasteiger partial charge in [0.1, 0.15) is 0 Å². The fraction of sp³-hybridized carbons (Fsp3) is 0.533. The lowest BCUT2D eigenvalue weighted by molar-refractivity contribution is 0.0983. The van der Waals surface area contributed by atoms with Gasteiger partial charge in [-0.05, 0) is 25.1 Å². The molecule has 1 rings (SSSR count). The van der Waals surface area contributed by atoms with Gasteiger partial charge in [0.25, 0.3) is 0 Å². The van der Waals surface area contributed by atoms with Gasteiger partial charge in [0.15, 0.2) is 5.78 Å². The number of carbonyl (C=O) groups is 1. The molecule has 0 atom stereocenters. The highest BCUT2D eigenvalue weighted by atomic mass is 35.5. The number of ketones is 1. The number of hydrogen-bond acceptors (Lipinski definition) is 2. The number of halogens is 2. The maximum atomic E-state index is 11.9. The Kier molecular flexibility index (Phi) is 10.9. The minimum atomic E-state index is 0. The van der Waals surface area contributed by atoms with Gasteiger partial charge >= 0.3 is 0 Å². The minimum absolute atomic E-state index is 0. The van der Waals surface area contributed by atoms with Gasteiger partial charge in [-0.1, -0.05) is 49.9 Å². The second-order valence-electron chi connectivity index (χ2n) is 4.46. The number of nitrogens with one attached hydrogen (secondary N) is 1. The van der Waals surface area contributed by atoms with Crippen molar-refractivity contribution < 1.29 is 4.79 Å². The molecule has 0 fully saturated rings. The number of Topliss-reactive ketones (excluding diaryl/α,β-unsaturated/α-hetero) is 1. The van der Waals surface area contributed by atoms with Crippen LogP contribution in [0, 0.1) is 0 Å². The molecule has 0 aromatic heterocycles. The van der Waals surface area contributed by atoms with Crippen molar-refractivity contribution in [3.8, 4) is 0 Å². The molecule has 0 spiro atoms. The third kappa shape index (κ3) is 7.56. The van der Waals surface area contributed by atoms with Crippen LogP contribution in [0.1, 0.15) is 49.4 Å². The average molecular weight is 304 g/mol. The first kappa shape index (κ1) is 18.4. The van der Waals surface area contributed by atoms with Crippen LogP contribution in [0.15, 0.2) is 24.3 Å². The highest BCUT2D eigenvalue weighted by Gasteiger charge is 2.08. The summed E-state index contributed by atoms with van der Waals surface area (Å²) in [5.74, 6) is 0.113. The number of hydrogen-bond donors (Lipinski definition) is 1. The summed E-state index contributed by atoms with van der Waals surface area (Å²) in [4.78, 5) is 11.9. The van der Waals surface area contributed by atoms with Crippen LogP contribution in [0.4, 0.5) is 0 Å². The van der Waals surface area contributed by atoms with E-state index in [4.69, 9.17) is 11.6 Å². The van der Waals surface area contributed by atoms with Crippen LogP contribution >= 0.6 is 24.0 Å². The molecular weight excluding hydrogens is 281 g/mol. The van der Waals surface area contributed by atoms with Crippen molar-refractivity contribution >= 4 is 29.8 Å². The Balaban J connectivity index is 0.00000324. The normalized spacial score (nSPS) is 10.0. The lowest BCUT2D eigenvalue weighted by Crippen LogP contribution is -2.19. The molecule has 1 aromatic rings. The first-order valence-corrected chi connectivity index (χ1v) is 7.12. The van der Waals surface area contributed by atoms with Crippen molar-refractivity contribution in [3.63, 3.8) is 0 Å². The number of rotatable bonds is 9. The average Bonchev–Trinajstić information content (AvgIpc) is 2.38. The lowest BCUT2D eigenvalue weighted by Gasteiger charge is -2.05. The Morgan fingerprint density at radius 2 is 1.89 bits per heavy atom. The van der Waals surface area contributed by atoms with Crippen LogP contribution in [0.2, 0.25) is 5.02 Å². The molecule has 2 nitrogen and oxygen atoms in total. The molecule has 0 saturated heterocycles. The Morgan fingerprint density at radius 1 is 1.16 bits per heavy atom. The molecular formula is C15H23Cl2NO. The summed E-state index contributed by atoms with van der Waals surface area (Å²) in [6.45, 7) is 3.93. The molecule has 0 aliphatic heterocycles. The van der Waals surface area contributed by atoms with Gasteiger partial charge in [-0.15, -0.1) is 12.4 Å². The fourth-order valence-electron chi connectivity index (χ4n) is 1.83. The van der Waals surface area contributed by atoms with E-state index in [1.807, 2.05) is 12.1 Å². The molecule has 0 heterocycles. The van der Waals surface area contributed by atoms with Crippen LogP contribution in [-0.4, -0.2) is 18.9 Å². The van der Waals surface area contributed by atoms with E-state index in [2.05, 4.69) is 12.2 Å². The lowest BCUT2D eigenvalue weighted by atomic mass is 10.1. The third-order valence-electron chi connectivity index (χ3n) is 2.91. The van der Waals surface area contributed by atoms with Gasteiger partial charge in [0.05, 0.1) is 5.02 Å². The molecule has 0 amide bonds. The molecule has 0 bridgehead atoms. The summed E-state index contributed by atoms with van der Waals surface area (Å²) < 4.78 is 0. The summed E-state index contributed by atoms with van der Waals surface area (Å²) in [6, 6.07) is 7.22. The van der Waals surface area contributed by atoms with E-state index in [0.29, 0.717) is 17.0 Å². The minimum Gasteiger partial charge on any atom is -0.316 e. The predicted octanol–water partition coefficient (Wildman–Crippen LogP) is 4.50. The molecule has 0 saturated carbocycles. The number of unbranched alkanes of at least 4 members (excludes halogenated alkanes) is 3. The van der Waals surface area contributed by atoms with Gasteiger partial charge in [-0.3, -0.25) is 4.79 Å². The van der Waals surface area contributed by atoms with Gasteiger partial charge in [-0.2, -0.15) is 0 Å². The molecule has 1 aromatic carbocycles. The zero-order valence-corrected chi connectivity index (χ0v) is 13.0. The molecule has 19 heavy (non-hydrogen) atoms. The number of benzene rings is 1. The maximum Gasteiger partial charge on any atom is 0.165 e. The van der Waals surface area contributed by atoms with Crippen molar-refractivity contribution in [2.24, 2.45) is 0 Å². The molecule has 108 valence electrons. The third-order valence-corrected chi connectivity index (χ3v) is 3.24. The van der Waals surface area contributed by atoms with Crippen molar-refractivity contribution in [2.45, 2.75) is 39.0 Å². The van der Waals surface area contributed by atoms with Crippen LogP contribution < -0.4 is 5.32 Å². The van der Waals surface area contributed by atoms with E-state index >= 15 is 0 Å². The second kappa shape index (κ2) is 11.3. The van der Waals surface area contributed by atoms with Crippen molar-refractivity contribution in [2.75, 3.05) is 13.1 Å². The first-order valence-electron chi connectivity index (χ1n) is 6.74. The largest absolute Gasteiger partial charge is 0.316 e. The Morgan fingerprint density at radius 3 is 2.58 bits per heavy atom. The van der Waals surface area contributed by atoms with E-state index in [9.17, 15) is 4.79 Å². The molecule has 0 aliphatic rings. The molecule has 0 radical (unpaired) electrons. The van der Waals surface area contributed by atoms with Gasteiger partial charge in [0.2, 0.25) is 0 Å². The molecule has 4 heteroatoms. The smallest absolute Gasteiger partial charge is 0.165 e. The van der Waals surface area contributed by atoms with Crippen LogP contribution in [0.5, 0.6) is 0 Å². The first-order chi connectivity index (χ1) is 8.75. The van der Waals surface area contributed by atoms with Crippen LogP contribution in [0.25, 0.3) is 0 Å². The molecule has 1 N–H and O–H groups in total. The number of carbonyl (C=O) groups excluding carboxylic acids is 1. The summed E-state index contributed by atoms with van der Waals surface area (Å²) in [5, 5.41) is 3.85. The maximum absolute atomic E-state index is 11.9. The van der Waals surface area contributed by atoms with E-state index in [-0.39, 0.29) is 18.2 Å². The predicted molar refractivity (Wildman–Crippen MR) is 84.7 cm³/mol.